The predicted octanol–water partition coefficient (Wildman–Crippen LogP) is 7.76. The van der Waals surface area contributed by atoms with Crippen molar-refractivity contribution in [2.45, 2.75) is 122 Å². The Morgan fingerprint density at radius 1 is 0.640 bits per heavy atom. The summed E-state index contributed by atoms with van der Waals surface area (Å²) in [6.07, 6.45) is 27.9. The molecule has 0 rings (SSSR count). The molecule has 0 atom stereocenters. The summed E-state index contributed by atoms with van der Waals surface area (Å²) in [4.78, 5) is 11.0. The molecule has 0 fully saturated rings. The first kappa shape index (κ1) is 24.2. The smallest absolute Gasteiger partial charge is 0.305 e. The van der Waals surface area contributed by atoms with E-state index in [1.807, 2.05) is 0 Å². The topological polar surface area (TPSA) is 26.3 Å². The van der Waals surface area contributed by atoms with Gasteiger partial charge in [0.25, 0.3) is 0 Å². The average Bonchev–Trinajstić information content (AvgIpc) is 2.63. The van der Waals surface area contributed by atoms with Gasteiger partial charge in [-0.15, -0.1) is 0 Å². The fourth-order valence-corrected chi connectivity index (χ4v) is 3.15. The highest BCUT2D eigenvalue weighted by Gasteiger charge is 1.98. The number of ether oxygens (including phenoxy) is 1. The Bertz CT molecular complexity index is 296. The van der Waals surface area contributed by atoms with Crippen LogP contribution < -0.4 is 0 Å². The summed E-state index contributed by atoms with van der Waals surface area (Å²) in [6.45, 7) is 2.28. The molecule has 148 valence electrons. The molecule has 0 spiro atoms. The Morgan fingerprint density at radius 3 is 1.48 bits per heavy atom. The maximum Gasteiger partial charge on any atom is 0.305 e. The van der Waals surface area contributed by atoms with Crippen LogP contribution in [0.1, 0.15) is 122 Å². The van der Waals surface area contributed by atoms with E-state index in [0.29, 0.717) is 6.42 Å². The third-order valence-corrected chi connectivity index (χ3v) is 4.87. The molecule has 0 saturated heterocycles. The number of allylic oxidation sites excluding steroid dienone is 2. The highest BCUT2D eigenvalue weighted by Crippen LogP contribution is 2.12. The van der Waals surface area contributed by atoms with Crippen LogP contribution in [-0.2, 0) is 9.53 Å². The number of methoxy groups -OCH3 is 1. The maximum absolute atomic E-state index is 11.0. The van der Waals surface area contributed by atoms with Gasteiger partial charge in [-0.3, -0.25) is 4.79 Å². The van der Waals surface area contributed by atoms with E-state index in [9.17, 15) is 4.79 Å². The van der Waals surface area contributed by atoms with Crippen molar-refractivity contribution >= 4 is 5.97 Å². The summed E-state index contributed by atoms with van der Waals surface area (Å²) in [6, 6.07) is 0. The summed E-state index contributed by atoms with van der Waals surface area (Å²) in [5.41, 5.74) is 0. The van der Waals surface area contributed by atoms with Crippen LogP contribution in [0.5, 0.6) is 0 Å². The first-order valence-corrected chi connectivity index (χ1v) is 11.0. The van der Waals surface area contributed by atoms with E-state index in [1.54, 1.807) is 0 Å². The van der Waals surface area contributed by atoms with Crippen molar-refractivity contribution in [2.75, 3.05) is 7.11 Å². The number of esters is 1. The van der Waals surface area contributed by atoms with Gasteiger partial charge in [-0.2, -0.15) is 0 Å². The number of carbonyl (C=O) groups is 1. The molecule has 2 heteroatoms. The fraction of sp³-hybridized carbons (Fsp3) is 0.870. The molecule has 0 saturated carbocycles. The molecule has 0 aromatic carbocycles. The summed E-state index contributed by atoms with van der Waals surface area (Å²) < 4.78 is 4.64. The van der Waals surface area contributed by atoms with E-state index in [1.165, 1.54) is 103 Å². The van der Waals surface area contributed by atoms with Crippen LogP contribution in [0.15, 0.2) is 12.2 Å². The molecule has 25 heavy (non-hydrogen) atoms. The normalized spacial score (nSPS) is 11.3. The quantitative estimate of drug-likeness (QED) is 0.135. The lowest BCUT2D eigenvalue weighted by Gasteiger charge is -2.01. The minimum atomic E-state index is -0.0706. The van der Waals surface area contributed by atoms with Gasteiger partial charge in [0.15, 0.2) is 0 Å². The van der Waals surface area contributed by atoms with Gasteiger partial charge >= 0.3 is 5.97 Å². The molecule has 0 aliphatic carbocycles. The van der Waals surface area contributed by atoms with Crippen LogP contribution in [0.4, 0.5) is 0 Å². The molecule has 0 aromatic heterocycles. The molecule has 0 heterocycles. The van der Waals surface area contributed by atoms with Gasteiger partial charge in [0.1, 0.15) is 0 Å². The average molecular weight is 353 g/mol. The summed E-state index contributed by atoms with van der Waals surface area (Å²) >= 11 is 0. The molecule has 0 unspecified atom stereocenters. The molecule has 0 amide bonds. The van der Waals surface area contributed by atoms with E-state index in [0.717, 1.165) is 12.8 Å². The van der Waals surface area contributed by atoms with Crippen LogP contribution in [0.25, 0.3) is 0 Å². The largest absolute Gasteiger partial charge is 0.469 e. The zero-order valence-corrected chi connectivity index (χ0v) is 17.2. The Morgan fingerprint density at radius 2 is 1.04 bits per heavy atom. The van der Waals surface area contributed by atoms with Crippen LogP contribution in [0.3, 0.4) is 0 Å². The zero-order chi connectivity index (χ0) is 18.4. The zero-order valence-electron chi connectivity index (χ0n) is 17.2. The van der Waals surface area contributed by atoms with Crippen molar-refractivity contribution in [1.82, 2.24) is 0 Å². The molecule has 0 aliphatic rings. The van der Waals surface area contributed by atoms with Crippen molar-refractivity contribution in [1.29, 1.82) is 0 Å². The monoisotopic (exact) mass is 352 g/mol. The molecule has 0 radical (unpaired) electrons. The van der Waals surface area contributed by atoms with E-state index in [2.05, 4.69) is 23.8 Å². The van der Waals surface area contributed by atoms with Gasteiger partial charge in [-0.1, -0.05) is 96.1 Å². The first-order valence-electron chi connectivity index (χ1n) is 11.0. The third kappa shape index (κ3) is 21.2. The Balaban J connectivity index is 3.10. The summed E-state index contributed by atoms with van der Waals surface area (Å²) in [5.74, 6) is -0.0706. The van der Waals surface area contributed by atoms with Gasteiger partial charge < -0.3 is 4.74 Å². The molecule has 0 aromatic rings. The van der Waals surface area contributed by atoms with Gasteiger partial charge in [0, 0.05) is 6.42 Å². The second kappa shape index (κ2) is 21.3. The second-order valence-corrected chi connectivity index (χ2v) is 7.32. The van der Waals surface area contributed by atoms with Crippen molar-refractivity contribution in [3.05, 3.63) is 12.2 Å². The molecular formula is C23H44O2. The minimum Gasteiger partial charge on any atom is -0.469 e. The first-order chi connectivity index (χ1) is 12.3. The second-order valence-electron chi connectivity index (χ2n) is 7.32. The lowest BCUT2D eigenvalue weighted by atomic mass is 10.1. The fourth-order valence-electron chi connectivity index (χ4n) is 3.15. The standard InChI is InChI=1S/C23H44O2/c1-3-4-5-6-7-8-9-10-11-12-13-14-15-16-17-18-19-20-21-22-23(24)25-2/h12-13H,3-11,14-22H2,1-2H3/b13-12-. The van der Waals surface area contributed by atoms with E-state index < -0.39 is 0 Å². The highest BCUT2D eigenvalue weighted by atomic mass is 16.5. The molecule has 0 aliphatic heterocycles. The van der Waals surface area contributed by atoms with Crippen molar-refractivity contribution in [3.63, 3.8) is 0 Å². The number of rotatable bonds is 19. The molecule has 0 bridgehead atoms. The SMILES string of the molecule is CCCCCCCCCC/C=C\CCCCCCCCCC(=O)OC. The lowest BCUT2D eigenvalue weighted by Crippen LogP contribution is -1.99. The van der Waals surface area contributed by atoms with Crippen molar-refractivity contribution in [2.24, 2.45) is 0 Å². The molecule has 2 nitrogen and oxygen atoms in total. The summed E-state index contributed by atoms with van der Waals surface area (Å²) in [5, 5.41) is 0. The summed E-state index contributed by atoms with van der Waals surface area (Å²) in [7, 11) is 1.46. The third-order valence-electron chi connectivity index (χ3n) is 4.87. The number of carbonyl (C=O) groups excluding carboxylic acids is 1. The number of hydrogen-bond acceptors (Lipinski definition) is 2. The van der Waals surface area contributed by atoms with Gasteiger partial charge in [-0.25, -0.2) is 0 Å². The van der Waals surface area contributed by atoms with E-state index >= 15 is 0 Å². The Hall–Kier alpha value is -0.790. The molecular weight excluding hydrogens is 308 g/mol. The minimum absolute atomic E-state index is 0.0706. The van der Waals surface area contributed by atoms with Gasteiger partial charge in [0.05, 0.1) is 7.11 Å². The van der Waals surface area contributed by atoms with Crippen LogP contribution in [0, 0.1) is 0 Å². The van der Waals surface area contributed by atoms with E-state index in [-0.39, 0.29) is 5.97 Å². The van der Waals surface area contributed by atoms with Gasteiger partial charge in [0.2, 0.25) is 0 Å². The maximum atomic E-state index is 11.0. The molecule has 0 N–H and O–H groups in total. The highest BCUT2D eigenvalue weighted by molar-refractivity contribution is 5.68. The van der Waals surface area contributed by atoms with Crippen LogP contribution >= 0.6 is 0 Å². The van der Waals surface area contributed by atoms with Crippen LogP contribution in [-0.4, -0.2) is 13.1 Å². The van der Waals surface area contributed by atoms with E-state index in [4.69, 9.17) is 0 Å². The Kier molecular flexibility index (Phi) is 20.6. The van der Waals surface area contributed by atoms with Crippen LogP contribution in [0.2, 0.25) is 0 Å². The lowest BCUT2D eigenvalue weighted by molar-refractivity contribution is -0.140. The van der Waals surface area contributed by atoms with Crippen molar-refractivity contribution < 1.29 is 9.53 Å². The van der Waals surface area contributed by atoms with Crippen molar-refractivity contribution in [3.8, 4) is 0 Å². The number of unbranched alkanes of at least 4 members (excludes halogenated alkanes) is 15. The Labute approximate surface area is 157 Å². The number of hydrogen-bond donors (Lipinski definition) is 0. The predicted molar refractivity (Wildman–Crippen MR) is 110 cm³/mol. The van der Waals surface area contributed by atoms with Gasteiger partial charge in [-0.05, 0) is 32.1 Å².